The summed E-state index contributed by atoms with van der Waals surface area (Å²) in [4.78, 5) is 22.3. The molecule has 0 fully saturated rings. The van der Waals surface area contributed by atoms with Crippen LogP contribution in [0, 0.1) is 0 Å². The van der Waals surface area contributed by atoms with Crippen molar-refractivity contribution < 1.29 is 33.6 Å². The molecule has 7 nitrogen and oxygen atoms in total. The Morgan fingerprint density at radius 2 is 1.51 bits per heavy atom. The summed E-state index contributed by atoms with van der Waals surface area (Å²) in [6, 6.07) is 11.0. The van der Waals surface area contributed by atoms with Crippen LogP contribution in [-0.4, -0.2) is 55.0 Å². The molecule has 0 bridgehead atoms. The van der Waals surface area contributed by atoms with Crippen LogP contribution in [0.15, 0.2) is 36.4 Å². The Morgan fingerprint density at radius 1 is 0.914 bits per heavy atom. The van der Waals surface area contributed by atoms with Crippen molar-refractivity contribution in [2.24, 2.45) is 0 Å². The lowest BCUT2D eigenvalue weighted by molar-refractivity contribution is -0.158. The van der Waals surface area contributed by atoms with Crippen LogP contribution in [0.5, 0.6) is 11.5 Å². The second-order valence-corrected chi connectivity index (χ2v) is 9.51. The van der Waals surface area contributed by atoms with Crippen molar-refractivity contribution >= 4 is 46.7 Å². The number of esters is 2. The van der Waals surface area contributed by atoms with E-state index >= 15 is 0 Å². The summed E-state index contributed by atoms with van der Waals surface area (Å²) < 4.78 is 21.3. The molecule has 10 heteroatoms. The molecular weight excluding hydrogens is 519 g/mol. The third-order valence-electron chi connectivity index (χ3n) is 5.14. The number of carbonyl (C=O) groups excluding carboxylic acids is 2. The van der Waals surface area contributed by atoms with Crippen LogP contribution < -0.4 is 9.47 Å². The monoisotopic (exact) mass is 546 g/mol. The van der Waals surface area contributed by atoms with Crippen LogP contribution in [0.2, 0.25) is 10.0 Å². The fraction of sp³-hybridized carbons (Fsp3) is 0.440. The molecule has 0 heterocycles. The Morgan fingerprint density at radius 3 is 2.03 bits per heavy atom. The molecule has 2 atom stereocenters. The van der Waals surface area contributed by atoms with E-state index in [0.29, 0.717) is 15.8 Å². The second kappa shape index (κ2) is 13.2. The first-order chi connectivity index (χ1) is 16.4. The summed E-state index contributed by atoms with van der Waals surface area (Å²) in [5.41, 5.74) is 1.37. The molecular formula is C25H29Cl3O7. The maximum absolute atomic E-state index is 11.3. The van der Waals surface area contributed by atoms with Gasteiger partial charge in [0, 0.05) is 19.3 Å². The average molecular weight is 548 g/mol. The summed E-state index contributed by atoms with van der Waals surface area (Å²) in [6.45, 7) is 6.52. The molecule has 0 unspecified atom stereocenters. The van der Waals surface area contributed by atoms with Crippen molar-refractivity contribution in [3.8, 4) is 11.5 Å². The van der Waals surface area contributed by atoms with E-state index in [1.807, 2.05) is 26.0 Å². The van der Waals surface area contributed by atoms with Gasteiger partial charge in [-0.3, -0.25) is 9.59 Å². The fourth-order valence-corrected chi connectivity index (χ4v) is 3.85. The molecule has 0 aliphatic heterocycles. The number of ether oxygens (including phenoxy) is 4. The van der Waals surface area contributed by atoms with Gasteiger partial charge in [0.1, 0.15) is 31.7 Å². The van der Waals surface area contributed by atoms with Gasteiger partial charge < -0.3 is 24.1 Å². The van der Waals surface area contributed by atoms with Gasteiger partial charge in [-0.25, -0.2) is 0 Å². The van der Waals surface area contributed by atoms with Gasteiger partial charge >= 0.3 is 11.9 Å². The summed E-state index contributed by atoms with van der Waals surface area (Å²) in [6.07, 6.45) is -1.55. The van der Waals surface area contributed by atoms with Gasteiger partial charge in [0.15, 0.2) is 11.9 Å². The topological polar surface area (TPSA) is 91.3 Å². The predicted octanol–water partition coefficient (Wildman–Crippen LogP) is 5.17. The molecule has 0 aromatic heterocycles. The van der Waals surface area contributed by atoms with E-state index in [1.165, 1.54) is 13.8 Å². The van der Waals surface area contributed by atoms with E-state index in [4.69, 9.17) is 53.8 Å². The normalized spacial score (nSPS) is 13.0. The Bertz CT molecular complexity index is 986. The molecule has 0 aliphatic rings. The smallest absolute Gasteiger partial charge is 0.303 e. The number of carbonyl (C=O) groups is 2. The van der Waals surface area contributed by atoms with E-state index in [1.54, 1.807) is 24.3 Å². The Kier molecular flexibility index (Phi) is 11.0. The highest BCUT2D eigenvalue weighted by Gasteiger charge is 2.26. The molecule has 2 aromatic carbocycles. The third-order valence-corrected chi connectivity index (χ3v) is 6.05. The third kappa shape index (κ3) is 8.76. The Labute approximate surface area is 220 Å². The number of alkyl halides is 1. The van der Waals surface area contributed by atoms with Crippen LogP contribution in [0.4, 0.5) is 0 Å². The number of aliphatic hydroxyl groups is 1. The van der Waals surface area contributed by atoms with Crippen molar-refractivity contribution in [1.29, 1.82) is 0 Å². The lowest BCUT2D eigenvalue weighted by Gasteiger charge is -2.27. The average Bonchev–Trinajstić information content (AvgIpc) is 2.79. The molecule has 2 aromatic rings. The number of aliphatic hydroxyl groups excluding tert-OH is 1. The number of benzene rings is 2. The predicted molar refractivity (Wildman–Crippen MR) is 135 cm³/mol. The SMILES string of the molecule is CC(=O)OC[C@@H](COc1ccc(C(C)(C)c2cc(Cl)c(OC[C@H](O)CCl)c(Cl)c2)cc1)OC(C)=O. The van der Waals surface area contributed by atoms with Crippen LogP contribution in [0.25, 0.3) is 0 Å². The van der Waals surface area contributed by atoms with E-state index < -0.39 is 29.6 Å². The van der Waals surface area contributed by atoms with Crippen molar-refractivity contribution in [3.63, 3.8) is 0 Å². The van der Waals surface area contributed by atoms with Crippen molar-refractivity contribution in [3.05, 3.63) is 57.6 Å². The summed E-state index contributed by atoms with van der Waals surface area (Å²) in [7, 11) is 0. The highest BCUT2D eigenvalue weighted by atomic mass is 35.5. The quantitative estimate of drug-likeness (QED) is 0.289. The van der Waals surface area contributed by atoms with Gasteiger partial charge in [0.25, 0.3) is 0 Å². The number of hydrogen-bond acceptors (Lipinski definition) is 7. The maximum Gasteiger partial charge on any atom is 0.303 e. The van der Waals surface area contributed by atoms with Crippen molar-refractivity contribution in [1.82, 2.24) is 0 Å². The van der Waals surface area contributed by atoms with Crippen LogP contribution >= 0.6 is 34.8 Å². The molecule has 0 aliphatic carbocycles. The zero-order valence-corrected chi connectivity index (χ0v) is 22.2. The zero-order valence-electron chi connectivity index (χ0n) is 20.0. The van der Waals surface area contributed by atoms with Crippen molar-refractivity contribution in [2.45, 2.75) is 45.3 Å². The highest BCUT2D eigenvalue weighted by Crippen LogP contribution is 2.40. The molecule has 35 heavy (non-hydrogen) atoms. The number of halogens is 3. The van der Waals surface area contributed by atoms with Gasteiger partial charge in [-0.2, -0.15) is 0 Å². The number of hydrogen-bond donors (Lipinski definition) is 1. The molecule has 0 saturated carbocycles. The van der Waals surface area contributed by atoms with Crippen molar-refractivity contribution in [2.75, 3.05) is 25.7 Å². The van der Waals surface area contributed by atoms with E-state index in [-0.39, 0.29) is 31.5 Å². The first-order valence-electron chi connectivity index (χ1n) is 10.8. The van der Waals surface area contributed by atoms with Gasteiger partial charge in [-0.1, -0.05) is 49.2 Å². The zero-order chi connectivity index (χ0) is 26.2. The molecule has 0 amide bonds. The second-order valence-electron chi connectivity index (χ2n) is 8.38. The van der Waals surface area contributed by atoms with E-state index in [9.17, 15) is 14.7 Å². The first-order valence-corrected chi connectivity index (χ1v) is 12.1. The van der Waals surface area contributed by atoms with Crippen LogP contribution in [0.1, 0.15) is 38.8 Å². The Balaban J connectivity index is 2.12. The van der Waals surface area contributed by atoms with E-state index in [2.05, 4.69) is 0 Å². The molecule has 192 valence electrons. The minimum absolute atomic E-state index is 0.0215. The molecule has 0 spiro atoms. The molecule has 2 rings (SSSR count). The summed E-state index contributed by atoms with van der Waals surface area (Å²) in [5.74, 6) is -0.0799. The van der Waals surface area contributed by atoms with Gasteiger partial charge in [0.05, 0.1) is 15.9 Å². The van der Waals surface area contributed by atoms with Gasteiger partial charge in [-0.05, 0) is 35.4 Å². The largest absolute Gasteiger partial charge is 0.490 e. The minimum atomic E-state index is -0.827. The maximum atomic E-state index is 11.3. The Hall–Kier alpha value is -2.19. The number of rotatable bonds is 12. The van der Waals surface area contributed by atoms with Crippen LogP contribution in [0.3, 0.4) is 0 Å². The highest BCUT2D eigenvalue weighted by molar-refractivity contribution is 6.37. The lowest BCUT2D eigenvalue weighted by atomic mass is 9.78. The minimum Gasteiger partial charge on any atom is -0.490 e. The molecule has 0 radical (unpaired) electrons. The summed E-state index contributed by atoms with van der Waals surface area (Å²) >= 11 is 18.4. The van der Waals surface area contributed by atoms with Gasteiger partial charge in [0.2, 0.25) is 0 Å². The molecule has 0 saturated heterocycles. The van der Waals surface area contributed by atoms with Gasteiger partial charge in [-0.15, -0.1) is 11.6 Å². The van der Waals surface area contributed by atoms with E-state index in [0.717, 1.165) is 11.1 Å². The summed E-state index contributed by atoms with van der Waals surface area (Å²) in [5, 5.41) is 10.3. The standard InChI is InChI=1S/C25H29Cl3O7/c1-15(29)32-13-21(35-16(2)30)14-33-20-7-5-17(6-8-20)25(3,4)18-9-22(27)24(23(28)10-18)34-12-19(31)11-26/h5-10,19,21,31H,11-14H2,1-4H3/t19-,21+/m1/s1. The fourth-order valence-electron chi connectivity index (χ4n) is 3.17. The lowest BCUT2D eigenvalue weighted by Crippen LogP contribution is -2.29. The van der Waals surface area contributed by atoms with Crippen LogP contribution in [-0.2, 0) is 24.5 Å². The molecule has 1 N–H and O–H groups in total. The first kappa shape index (κ1) is 29.0.